The molecule has 0 N–H and O–H groups in total. The molecule has 0 atom stereocenters. The third-order valence-electron chi connectivity index (χ3n) is 0.836. The number of hydrogen-bond donors (Lipinski definition) is 0. The van der Waals surface area contributed by atoms with E-state index in [1.807, 2.05) is 0 Å². The largest absolute Gasteiger partial charge is 0.506 e. The Hall–Kier alpha value is 0.774. The first-order valence-electron chi connectivity index (χ1n) is 2.64. The van der Waals surface area contributed by atoms with Crippen LogP contribution in [0.1, 0.15) is 20.3 Å². The fourth-order valence-electron chi connectivity index (χ4n) is 0.333. The minimum absolute atomic E-state index is 0. The van der Waals surface area contributed by atoms with E-state index in [4.69, 9.17) is 6.72 Å². The van der Waals surface area contributed by atoms with Gasteiger partial charge in [0.2, 0.25) is 0 Å². The Morgan fingerprint density at radius 3 is 2.12 bits per heavy atom. The van der Waals surface area contributed by atoms with E-state index in [2.05, 4.69) is 18.8 Å². The SMILES string of the molecule is [CH-]=NCCC(C)C.[Y]. The van der Waals surface area contributed by atoms with Crippen molar-refractivity contribution in [3.63, 3.8) is 0 Å². The molecule has 0 rings (SSSR count). The molecule has 8 heavy (non-hydrogen) atoms. The Kier molecular flexibility index (Phi) is 11.2. The van der Waals surface area contributed by atoms with Crippen LogP contribution in [0.4, 0.5) is 0 Å². The van der Waals surface area contributed by atoms with E-state index in [9.17, 15) is 0 Å². The number of aliphatic imine (C=N–C) groups is 1. The standard InChI is InChI=1S/C6H12N.Y/c1-6(2)4-5-7-3;/h3,6H,4-5H2,1-2H3;/q-1;. The molecule has 0 saturated carbocycles. The molecule has 1 nitrogen and oxygen atoms in total. The van der Waals surface area contributed by atoms with E-state index >= 15 is 0 Å². The molecular weight excluding hydrogens is 175 g/mol. The number of nitrogens with zero attached hydrogens (tertiary/aromatic N) is 1. The third kappa shape index (κ3) is 9.91. The van der Waals surface area contributed by atoms with E-state index in [1.165, 1.54) is 0 Å². The minimum atomic E-state index is 0. The smallest absolute Gasteiger partial charge is 0 e. The zero-order chi connectivity index (χ0) is 5.70. The molecule has 0 aliphatic rings. The van der Waals surface area contributed by atoms with E-state index < -0.39 is 0 Å². The summed E-state index contributed by atoms with van der Waals surface area (Å²) in [5.41, 5.74) is 0. The van der Waals surface area contributed by atoms with Gasteiger partial charge in [0.15, 0.2) is 0 Å². The second-order valence-electron chi connectivity index (χ2n) is 2.09. The molecule has 0 aromatic carbocycles. The molecule has 0 aliphatic heterocycles. The van der Waals surface area contributed by atoms with Gasteiger partial charge < -0.3 is 11.7 Å². The summed E-state index contributed by atoms with van der Waals surface area (Å²) < 4.78 is 0. The van der Waals surface area contributed by atoms with Crippen LogP contribution in [0.2, 0.25) is 0 Å². The van der Waals surface area contributed by atoms with Gasteiger partial charge in [-0.25, -0.2) is 0 Å². The molecule has 2 heteroatoms. The van der Waals surface area contributed by atoms with Gasteiger partial charge in [0, 0.05) is 32.7 Å². The summed E-state index contributed by atoms with van der Waals surface area (Å²) in [6, 6.07) is 0. The third-order valence-corrected chi connectivity index (χ3v) is 0.836. The topological polar surface area (TPSA) is 12.4 Å². The van der Waals surface area contributed by atoms with E-state index in [1.54, 1.807) is 0 Å². The first kappa shape index (κ1) is 11.6. The van der Waals surface area contributed by atoms with Crippen LogP contribution >= 0.6 is 0 Å². The average Bonchev–Trinajstić information content (AvgIpc) is 1.61. The summed E-state index contributed by atoms with van der Waals surface area (Å²) in [5.74, 6) is 0.729. The van der Waals surface area contributed by atoms with Gasteiger partial charge in [-0.1, -0.05) is 13.8 Å². The van der Waals surface area contributed by atoms with Crippen LogP contribution in [-0.4, -0.2) is 13.3 Å². The van der Waals surface area contributed by atoms with Crippen LogP contribution in [0.5, 0.6) is 0 Å². The van der Waals surface area contributed by atoms with Crippen molar-refractivity contribution in [1.29, 1.82) is 0 Å². The van der Waals surface area contributed by atoms with Crippen molar-refractivity contribution in [3.8, 4) is 0 Å². The molecule has 0 spiro atoms. The quantitative estimate of drug-likeness (QED) is 0.470. The molecular formula is C6H12NY-. The summed E-state index contributed by atoms with van der Waals surface area (Å²) in [4.78, 5) is 3.48. The van der Waals surface area contributed by atoms with Gasteiger partial charge in [-0.2, -0.15) is 0 Å². The predicted molar refractivity (Wildman–Crippen MR) is 32.8 cm³/mol. The van der Waals surface area contributed by atoms with Crippen molar-refractivity contribution in [2.24, 2.45) is 10.9 Å². The van der Waals surface area contributed by atoms with Gasteiger partial charge in [0.1, 0.15) is 0 Å². The van der Waals surface area contributed by atoms with Crippen molar-refractivity contribution in [2.45, 2.75) is 20.3 Å². The summed E-state index contributed by atoms with van der Waals surface area (Å²) in [6.45, 7) is 10.0. The molecule has 45 valence electrons. The molecule has 1 radical (unpaired) electrons. The Morgan fingerprint density at radius 1 is 1.50 bits per heavy atom. The summed E-state index contributed by atoms with van der Waals surface area (Å²) in [6.07, 6.45) is 1.11. The number of rotatable bonds is 3. The van der Waals surface area contributed by atoms with Crippen molar-refractivity contribution < 1.29 is 32.7 Å². The molecule has 0 unspecified atom stereocenters. The van der Waals surface area contributed by atoms with Crippen LogP contribution < -0.4 is 0 Å². The first-order valence-corrected chi connectivity index (χ1v) is 2.64. The van der Waals surface area contributed by atoms with Crippen molar-refractivity contribution >= 4 is 6.72 Å². The second-order valence-corrected chi connectivity index (χ2v) is 2.09. The van der Waals surface area contributed by atoms with Gasteiger partial charge >= 0.3 is 0 Å². The Labute approximate surface area is 76.8 Å². The molecule has 0 aliphatic carbocycles. The van der Waals surface area contributed by atoms with Gasteiger partial charge in [-0.05, 0) is 18.9 Å². The summed E-state index contributed by atoms with van der Waals surface area (Å²) >= 11 is 0. The molecule has 0 amide bonds. The zero-order valence-electron chi connectivity index (χ0n) is 5.59. The van der Waals surface area contributed by atoms with Crippen LogP contribution in [0.25, 0.3) is 0 Å². The Bertz CT molecular complexity index is 52.5. The summed E-state index contributed by atoms with van der Waals surface area (Å²) in [7, 11) is 0. The maximum absolute atomic E-state index is 4.90. The van der Waals surface area contributed by atoms with Gasteiger partial charge in [-0.15, -0.1) is 0 Å². The van der Waals surface area contributed by atoms with Crippen molar-refractivity contribution in [1.82, 2.24) is 0 Å². The van der Waals surface area contributed by atoms with E-state index in [0.717, 1.165) is 18.9 Å². The number of hydrogen-bond acceptors (Lipinski definition) is 1. The molecule has 0 aromatic rings. The minimum Gasteiger partial charge on any atom is -0.506 e. The molecule has 0 heterocycles. The first-order chi connectivity index (χ1) is 3.27. The molecule has 0 aromatic heterocycles. The van der Waals surface area contributed by atoms with E-state index in [-0.39, 0.29) is 32.7 Å². The monoisotopic (exact) mass is 187 g/mol. The fourth-order valence-corrected chi connectivity index (χ4v) is 0.333. The molecule has 0 saturated heterocycles. The van der Waals surface area contributed by atoms with Crippen molar-refractivity contribution in [2.75, 3.05) is 6.54 Å². The van der Waals surface area contributed by atoms with Crippen LogP contribution in [-0.2, 0) is 32.7 Å². The maximum atomic E-state index is 4.90. The van der Waals surface area contributed by atoms with Crippen molar-refractivity contribution in [3.05, 3.63) is 0 Å². The van der Waals surface area contributed by atoms with Crippen LogP contribution in [0.15, 0.2) is 4.99 Å². The average molecular weight is 187 g/mol. The summed E-state index contributed by atoms with van der Waals surface area (Å²) in [5, 5.41) is 0. The van der Waals surface area contributed by atoms with Crippen LogP contribution in [0.3, 0.4) is 0 Å². The Morgan fingerprint density at radius 2 is 2.00 bits per heavy atom. The fraction of sp³-hybridized carbons (Fsp3) is 0.833. The van der Waals surface area contributed by atoms with Gasteiger partial charge in [-0.3, -0.25) is 0 Å². The Balaban J connectivity index is 0. The van der Waals surface area contributed by atoms with E-state index in [0.29, 0.717) is 0 Å². The predicted octanol–water partition coefficient (Wildman–Crippen LogP) is 1.61. The van der Waals surface area contributed by atoms with Gasteiger partial charge in [0.25, 0.3) is 0 Å². The van der Waals surface area contributed by atoms with Gasteiger partial charge in [0.05, 0.1) is 0 Å². The zero-order valence-corrected chi connectivity index (χ0v) is 8.43. The van der Waals surface area contributed by atoms with Crippen LogP contribution in [0, 0.1) is 5.92 Å². The normalized spacial score (nSPS) is 8.38. The maximum Gasteiger partial charge on any atom is 0 e. The molecule has 0 fully saturated rings. The second kappa shape index (κ2) is 7.77. The molecule has 0 bridgehead atoms.